The fraction of sp³-hybridized carbons (Fsp3) is 0.250. The van der Waals surface area contributed by atoms with E-state index >= 15 is 0 Å². The number of anilines is 1. The van der Waals surface area contributed by atoms with Crippen molar-refractivity contribution in [3.05, 3.63) is 60.7 Å². The number of para-hydroxylation sites is 3. The highest BCUT2D eigenvalue weighted by molar-refractivity contribution is 5.93. The van der Waals surface area contributed by atoms with Crippen LogP contribution in [0.15, 0.2) is 55.1 Å². The molecule has 1 N–H and O–H groups in total. The normalized spacial score (nSPS) is 14.3. The lowest BCUT2D eigenvalue weighted by Gasteiger charge is -2.18. The number of nitrogens with one attached hydrogen (secondary N) is 1. The summed E-state index contributed by atoms with van der Waals surface area (Å²) in [4.78, 5) is 16.4. The van der Waals surface area contributed by atoms with Gasteiger partial charge in [0, 0.05) is 12.0 Å². The lowest BCUT2D eigenvalue weighted by atomic mass is 10.0. The quantitative estimate of drug-likeness (QED) is 0.753. The van der Waals surface area contributed by atoms with Crippen LogP contribution in [-0.4, -0.2) is 32.9 Å². The van der Waals surface area contributed by atoms with E-state index in [1.165, 1.54) is 6.33 Å². The number of fused-ring (bicyclic) bond motifs is 1. The Morgan fingerprint density at radius 1 is 1.26 bits per heavy atom. The second kappa shape index (κ2) is 6.75. The Morgan fingerprint density at radius 2 is 2.11 bits per heavy atom. The first-order valence-electron chi connectivity index (χ1n) is 8.69. The summed E-state index contributed by atoms with van der Waals surface area (Å²) in [7, 11) is 0. The molecule has 4 rings (SSSR count). The van der Waals surface area contributed by atoms with Gasteiger partial charge >= 0.3 is 0 Å². The average Bonchev–Trinajstić information content (AvgIpc) is 3.26. The van der Waals surface area contributed by atoms with Gasteiger partial charge in [0.2, 0.25) is 0 Å². The first kappa shape index (κ1) is 17.1. The third kappa shape index (κ3) is 3.62. The number of carbonyl (C=O) groups is 1. The molecule has 1 aliphatic rings. The van der Waals surface area contributed by atoms with E-state index in [2.05, 4.69) is 15.4 Å². The fourth-order valence-corrected chi connectivity index (χ4v) is 3.14. The predicted octanol–water partition coefficient (Wildman–Crippen LogP) is 3.00. The molecule has 2 heterocycles. The van der Waals surface area contributed by atoms with E-state index in [-0.39, 0.29) is 18.1 Å². The van der Waals surface area contributed by atoms with Crippen molar-refractivity contribution in [1.82, 2.24) is 14.8 Å². The summed E-state index contributed by atoms with van der Waals surface area (Å²) in [5.74, 6) is 1.04. The van der Waals surface area contributed by atoms with Gasteiger partial charge in [0.05, 0.1) is 11.4 Å². The molecule has 0 unspecified atom stereocenters. The Bertz CT molecular complexity index is 967. The van der Waals surface area contributed by atoms with Gasteiger partial charge in [0.15, 0.2) is 18.1 Å². The molecule has 0 spiro atoms. The van der Waals surface area contributed by atoms with Crippen molar-refractivity contribution < 1.29 is 14.3 Å². The Morgan fingerprint density at radius 3 is 2.93 bits per heavy atom. The maximum atomic E-state index is 12.4. The molecule has 138 valence electrons. The Labute approximate surface area is 156 Å². The van der Waals surface area contributed by atoms with Crippen LogP contribution < -0.4 is 14.8 Å². The van der Waals surface area contributed by atoms with Crippen molar-refractivity contribution in [3.63, 3.8) is 0 Å². The minimum absolute atomic E-state index is 0.119. The maximum absolute atomic E-state index is 12.4. The summed E-state index contributed by atoms with van der Waals surface area (Å²) in [5.41, 5.74) is 2.19. The van der Waals surface area contributed by atoms with Crippen molar-refractivity contribution >= 4 is 11.6 Å². The van der Waals surface area contributed by atoms with E-state index in [0.717, 1.165) is 23.4 Å². The summed E-state index contributed by atoms with van der Waals surface area (Å²) in [6.07, 6.45) is 3.84. The van der Waals surface area contributed by atoms with Crippen LogP contribution in [0, 0.1) is 0 Å². The molecule has 2 aromatic carbocycles. The summed E-state index contributed by atoms with van der Waals surface area (Å²) in [6, 6.07) is 13.1. The van der Waals surface area contributed by atoms with Crippen LogP contribution in [0.25, 0.3) is 5.69 Å². The summed E-state index contributed by atoms with van der Waals surface area (Å²) in [5, 5.41) is 6.97. The number of hydrogen-bond donors (Lipinski definition) is 1. The molecule has 1 amide bonds. The average molecular weight is 364 g/mol. The SMILES string of the molecule is CC1(C)Cc2cccc(OCC(=O)Nc3ccccc3-n3cncn3)c2O1. The lowest BCUT2D eigenvalue weighted by molar-refractivity contribution is -0.118. The Kier molecular flexibility index (Phi) is 4.27. The van der Waals surface area contributed by atoms with Crippen molar-refractivity contribution in [1.29, 1.82) is 0 Å². The zero-order valence-electron chi connectivity index (χ0n) is 15.2. The molecular formula is C20H20N4O3. The molecule has 0 bridgehead atoms. The summed E-state index contributed by atoms with van der Waals surface area (Å²) in [6.45, 7) is 3.95. The van der Waals surface area contributed by atoms with Crippen LogP contribution in [0.3, 0.4) is 0 Å². The van der Waals surface area contributed by atoms with Crippen molar-refractivity contribution in [2.24, 2.45) is 0 Å². The van der Waals surface area contributed by atoms with Crippen LogP contribution in [0.1, 0.15) is 19.4 Å². The van der Waals surface area contributed by atoms with E-state index in [1.54, 1.807) is 17.1 Å². The number of carbonyl (C=O) groups excluding carboxylic acids is 1. The van der Waals surface area contributed by atoms with Gasteiger partial charge in [0.25, 0.3) is 5.91 Å². The van der Waals surface area contributed by atoms with Gasteiger partial charge in [-0.2, -0.15) is 5.10 Å². The first-order chi connectivity index (χ1) is 13.0. The van der Waals surface area contributed by atoms with Crippen molar-refractivity contribution in [3.8, 4) is 17.2 Å². The third-order valence-corrected chi connectivity index (χ3v) is 4.26. The predicted molar refractivity (Wildman–Crippen MR) is 100 cm³/mol. The smallest absolute Gasteiger partial charge is 0.262 e. The highest BCUT2D eigenvalue weighted by Crippen LogP contribution is 2.41. The molecule has 1 aromatic heterocycles. The second-order valence-electron chi connectivity index (χ2n) is 6.98. The lowest BCUT2D eigenvalue weighted by Crippen LogP contribution is -2.25. The van der Waals surface area contributed by atoms with E-state index in [9.17, 15) is 4.79 Å². The molecule has 0 atom stereocenters. The van der Waals surface area contributed by atoms with Crippen LogP contribution in [0.4, 0.5) is 5.69 Å². The minimum atomic E-state index is -0.266. The molecule has 3 aromatic rings. The van der Waals surface area contributed by atoms with Crippen LogP contribution in [0.2, 0.25) is 0 Å². The number of amides is 1. The largest absolute Gasteiger partial charge is 0.483 e. The van der Waals surface area contributed by atoms with Gasteiger partial charge in [0.1, 0.15) is 18.3 Å². The summed E-state index contributed by atoms with van der Waals surface area (Å²) >= 11 is 0. The van der Waals surface area contributed by atoms with Crippen LogP contribution in [0.5, 0.6) is 11.5 Å². The Balaban J connectivity index is 1.45. The molecule has 0 saturated heterocycles. The van der Waals surface area contributed by atoms with Crippen molar-refractivity contribution in [2.75, 3.05) is 11.9 Å². The molecular weight excluding hydrogens is 344 g/mol. The highest BCUT2D eigenvalue weighted by atomic mass is 16.5. The van der Waals surface area contributed by atoms with E-state index < -0.39 is 0 Å². The minimum Gasteiger partial charge on any atom is -0.483 e. The molecule has 27 heavy (non-hydrogen) atoms. The molecule has 1 aliphatic heterocycles. The second-order valence-corrected chi connectivity index (χ2v) is 6.98. The van der Waals surface area contributed by atoms with Gasteiger partial charge in [-0.3, -0.25) is 4.79 Å². The zero-order chi connectivity index (χ0) is 18.9. The van der Waals surface area contributed by atoms with Gasteiger partial charge in [-0.1, -0.05) is 24.3 Å². The molecule has 0 radical (unpaired) electrons. The number of benzene rings is 2. The van der Waals surface area contributed by atoms with E-state index in [4.69, 9.17) is 9.47 Å². The molecule has 7 heteroatoms. The standard InChI is InChI=1S/C20H20N4O3/c1-20(2)10-14-6-5-9-17(19(14)27-20)26-11-18(25)23-15-7-3-4-8-16(15)24-13-21-12-22-24/h3-9,12-13H,10-11H2,1-2H3,(H,23,25). The van der Waals surface area contributed by atoms with Gasteiger partial charge in [-0.15, -0.1) is 0 Å². The maximum Gasteiger partial charge on any atom is 0.262 e. The van der Waals surface area contributed by atoms with Crippen LogP contribution >= 0.6 is 0 Å². The third-order valence-electron chi connectivity index (χ3n) is 4.26. The summed E-state index contributed by atoms with van der Waals surface area (Å²) < 4.78 is 13.3. The topological polar surface area (TPSA) is 78.3 Å². The number of ether oxygens (including phenoxy) is 2. The number of hydrogen-bond acceptors (Lipinski definition) is 5. The number of nitrogens with zero attached hydrogens (tertiary/aromatic N) is 3. The van der Waals surface area contributed by atoms with E-state index in [1.807, 2.05) is 50.2 Å². The number of rotatable bonds is 5. The van der Waals surface area contributed by atoms with Gasteiger partial charge in [-0.05, 0) is 32.0 Å². The monoisotopic (exact) mass is 364 g/mol. The molecule has 0 fully saturated rings. The molecule has 0 saturated carbocycles. The number of aromatic nitrogens is 3. The highest BCUT2D eigenvalue weighted by Gasteiger charge is 2.32. The fourth-order valence-electron chi connectivity index (χ4n) is 3.14. The van der Waals surface area contributed by atoms with Gasteiger partial charge < -0.3 is 14.8 Å². The molecule has 7 nitrogen and oxygen atoms in total. The van der Waals surface area contributed by atoms with E-state index in [0.29, 0.717) is 11.4 Å². The first-order valence-corrected chi connectivity index (χ1v) is 8.69. The Hall–Kier alpha value is -3.35. The zero-order valence-corrected chi connectivity index (χ0v) is 15.2. The van der Waals surface area contributed by atoms with Crippen molar-refractivity contribution in [2.45, 2.75) is 25.9 Å². The molecule has 0 aliphatic carbocycles. The van der Waals surface area contributed by atoms with Gasteiger partial charge in [-0.25, -0.2) is 9.67 Å². The van der Waals surface area contributed by atoms with Crippen LogP contribution in [-0.2, 0) is 11.2 Å².